The quantitative estimate of drug-likeness (QED) is 0.496. The molecule has 0 amide bonds. The topological polar surface area (TPSA) is 73.0 Å². The van der Waals surface area contributed by atoms with E-state index in [-0.39, 0.29) is 6.04 Å². The van der Waals surface area contributed by atoms with Crippen molar-refractivity contribution >= 4 is 0 Å². The molecule has 0 saturated carbocycles. The first-order valence-electron chi connectivity index (χ1n) is 4.86. The maximum absolute atomic E-state index is 9.77. The maximum Gasteiger partial charge on any atom is 0.126 e. The zero-order valence-electron chi connectivity index (χ0n) is 8.41. The molecule has 2 rings (SSSR count). The van der Waals surface area contributed by atoms with Crippen LogP contribution < -0.4 is 10.6 Å². The van der Waals surface area contributed by atoms with Crippen LogP contribution in [0, 0.1) is 6.92 Å². The molecule has 78 valence electrons. The standard InChI is InChI=1S/C9H16N4O/c1-5-3-7(13-12-5)8-9(14)11-6(2)4-10-8/h3,6,8-11,14H,4H2,1-2H3,(H,12,13). The van der Waals surface area contributed by atoms with Gasteiger partial charge in [-0.2, -0.15) is 5.10 Å². The van der Waals surface area contributed by atoms with Gasteiger partial charge in [0.15, 0.2) is 0 Å². The highest BCUT2D eigenvalue weighted by molar-refractivity contribution is 5.13. The smallest absolute Gasteiger partial charge is 0.126 e. The number of rotatable bonds is 1. The molecule has 5 heteroatoms. The molecule has 0 bridgehead atoms. The molecule has 14 heavy (non-hydrogen) atoms. The molecule has 0 spiro atoms. The fourth-order valence-corrected chi connectivity index (χ4v) is 1.73. The molecule has 1 aromatic rings. The van der Waals surface area contributed by atoms with E-state index >= 15 is 0 Å². The van der Waals surface area contributed by atoms with Crippen LogP contribution in [0.1, 0.15) is 24.4 Å². The number of nitrogens with one attached hydrogen (secondary N) is 3. The van der Waals surface area contributed by atoms with E-state index in [0.717, 1.165) is 17.9 Å². The lowest BCUT2D eigenvalue weighted by Crippen LogP contribution is -2.55. The van der Waals surface area contributed by atoms with Gasteiger partial charge in [-0.15, -0.1) is 0 Å². The first kappa shape index (κ1) is 9.64. The van der Waals surface area contributed by atoms with Crippen molar-refractivity contribution in [1.29, 1.82) is 0 Å². The second kappa shape index (κ2) is 3.68. The van der Waals surface area contributed by atoms with E-state index in [1.54, 1.807) is 0 Å². The van der Waals surface area contributed by atoms with Gasteiger partial charge in [-0.05, 0) is 19.9 Å². The van der Waals surface area contributed by atoms with Crippen molar-refractivity contribution in [2.75, 3.05) is 6.54 Å². The monoisotopic (exact) mass is 196 g/mol. The summed E-state index contributed by atoms with van der Waals surface area (Å²) in [5.41, 5.74) is 1.86. The van der Waals surface area contributed by atoms with Crippen LogP contribution >= 0.6 is 0 Å². The molecular formula is C9H16N4O. The Morgan fingerprint density at radius 3 is 2.93 bits per heavy atom. The molecule has 3 atom stereocenters. The first-order valence-corrected chi connectivity index (χ1v) is 4.86. The summed E-state index contributed by atoms with van der Waals surface area (Å²) in [4.78, 5) is 0. The minimum absolute atomic E-state index is 0.115. The van der Waals surface area contributed by atoms with Crippen molar-refractivity contribution in [3.05, 3.63) is 17.5 Å². The molecule has 1 fully saturated rings. The zero-order valence-corrected chi connectivity index (χ0v) is 8.41. The Labute approximate surface area is 82.9 Å². The van der Waals surface area contributed by atoms with E-state index < -0.39 is 6.23 Å². The van der Waals surface area contributed by atoms with E-state index in [2.05, 4.69) is 20.8 Å². The summed E-state index contributed by atoms with van der Waals surface area (Å²) in [5, 5.41) is 23.1. The van der Waals surface area contributed by atoms with Gasteiger partial charge in [-0.25, -0.2) is 0 Å². The van der Waals surface area contributed by atoms with Crippen molar-refractivity contribution in [2.24, 2.45) is 0 Å². The number of hydrogen-bond donors (Lipinski definition) is 4. The second-order valence-electron chi connectivity index (χ2n) is 3.87. The summed E-state index contributed by atoms with van der Waals surface area (Å²) in [6, 6.07) is 2.12. The summed E-state index contributed by atoms with van der Waals surface area (Å²) < 4.78 is 0. The SMILES string of the molecule is Cc1cc(C2NCC(C)NC2O)n[nH]1. The van der Waals surface area contributed by atoms with Crippen LogP contribution in [0.2, 0.25) is 0 Å². The molecule has 0 radical (unpaired) electrons. The van der Waals surface area contributed by atoms with Gasteiger partial charge in [0.05, 0.1) is 11.7 Å². The number of aliphatic hydroxyl groups is 1. The predicted octanol–water partition coefficient (Wildman–Crippen LogP) is -0.341. The molecule has 1 aromatic heterocycles. The first-order chi connectivity index (χ1) is 6.66. The lowest BCUT2D eigenvalue weighted by Gasteiger charge is -2.32. The van der Waals surface area contributed by atoms with Crippen molar-refractivity contribution in [2.45, 2.75) is 32.2 Å². The third-order valence-electron chi connectivity index (χ3n) is 2.46. The van der Waals surface area contributed by atoms with Crippen LogP contribution in [0.3, 0.4) is 0 Å². The van der Waals surface area contributed by atoms with E-state index in [1.165, 1.54) is 0 Å². The molecule has 2 heterocycles. The Balaban J connectivity index is 2.11. The van der Waals surface area contributed by atoms with Gasteiger partial charge in [0.1, 0.15) is 6.23 Å². The number of aliphatic hydroxyl groups excluding tert-OH is 1. The normalized spacial score (nSPS) is 33.2. The van der Waals surface area contributed by atoms with Gasteiger partial charge in [-0.1, -0.05) is 0 Å². The number of piperazine rings is 1. The van der Waals surface area contributed by atoms with Crippen molar-refractivity contribution in [3.8, 4) is 0 Å². The highest BCUT2D eigenvalue weighted by atomic mass is 16.3. The lowest BCUT2D eigenvalue weighted by molar-refractivity contribution is 0.0572. The Morgan fingerprint density at radius 2 is 2.36 bits per heavy atom. The third kappa shape index (κ3) is 1.79. The Bertz CT molecular complexity index is 312. The molecule has 1 saturated heterocycles. The number of nitrogens with zero attached hydrogens (tertiary/aromatic N) is 1. The number of aromatic amines is 1. The summed E-state index contributed by atoms with van der Waals surface area (Å²) in [7, 11) is 0. The minimum Gasteiger partial charge on any atom is -0.377 e. The average Bonchev–Trinajstić information content (AvgIpc) is 2.51. The van der Waals surface area contributed by atoms with Gasteiger partial charge in [0.2, 0.25) is 0 Å². The van der Waals surface area contributed by atoms with Crippen molar-refractivity contribution < 1.29 is 5.11 Å². The molecule has 1 aliphatic rings. The fourth-order valence-electron chi connectivity index (χ4n) is 1.73. The van der Waals surface area contributed by atoms with Gasteiger partial charge in [-0.3, -0.25) is 10.4 Å². The summed E-state index contributed by atoms with van der Waals surface area (Å²) >= 11 is 0. The van der Waals surface area contributed by atoms with Crippen LogP contribution in [0.5, 0.6) is 0 Å². The largest absolute Gasteiger partial charge is 0.377 e. The van der Waals surface area contributed by atoms with E-state index in [1.807, 2.05) is 19.9 Å². The molecule has 4 N–H and O–H groups in total. The molecule has 5 nitrogen and oxygen atoms in total. The van der Waals surface area contributed by atoms with Gasteiger partial charge < -0.3 is 10.4 Å². The minimum atomic E-state index is -0.568. The van der Waals surface area contributed by atoms with E-state index in [4.69, 9.17) is 0 Å². The predicted molar refractivity (Wildman–Crippen MR) is 52.7 cm³/mol. The maximum atomic E-state index is 9.77. The van der Waals surface area contributed by atoms with E-state index in [0.29, 0.717) is 6.04 Å². The van der Waals surface area contributed by atoms with Crippen molar-refractivity contribution in [1.82, 2.24) is 20.8 Å². The second-order valence-corrected chi connectivity index (χ2v) is 3.87. The molecule has 0 aromatic carbocycles. The Hall–Kier alpha value is -0.910. The number of aryl methyl sites for hydroxylation is 1. The van der Waals surface area contributed by atoms with Crippen LogP contribution in [0.4, 0.5) is 0 Å². The highest BCUT2D eigenvalue weighted by Crippen LogP contribution is 2.17. The number of H-pyrrole nitrogens is 1. The molecular weight excluding hydrogens is 180 g/mol. The Morgan fingerprint density at radius 1 is 1.57 bits per heavy atom. The van der Waals surface area contributed by atoms with Gasteiger partial charge >= 0.3 is 0 Å². The highest BCUT2D eigenvalue weighted by Gasteiger charge is 2.28. The van der Waals surface area contributed by atoms with E-state index in [9.17, 15) is 5.11 Å². The van der Waals surface area contributed by atoms with Crippen LogP contribution in [-0.2, 0) is 0 Å². The van der Waals surface area contributed by atoms with Crippen molar-refractivity contribution in [3.63, 3.8) is 0 Å². The van der Waals surface area contributed by atoms with Crippen LogP contribution in [-0.4, -0.2) is 34.1 Å². The van der Waals surface area contributed by atoms with Crippen LogP contribution in [0.15, 0.2) is 6.07 Å². The lowest BCUT2D eigenvalue weighted by atomic mass is 10.1. The zero-order chi connectivity index (χ0) is 10.1. The Kier molecular flexibility index (Phi) is 2.54. The molecule has 1 aliphatic heterocycles. The summed E-state index contributed by atoms with van der Waals surface area (Å²) in [5.74, 6) is 0. The summed E-state index contributed by atoms with van der Waals surface area (Å²) in [6.07, 6.45) is -0.568. The molecule has 3 unspecified atom stereocenters. The number of hydrogen-bond acceptors (Lipinski definition) is 4. The van der Waals surface area contributed by atoms with Crippen LogP contribution in [0.25, 0.3) is 0 Å². The van der Waals surface area contributed by atoms with Gasteiger partial charge in [0, 0.05) is 18.3 Å². The fraction of sp³-hybridized carbons (Fsp3) is 0.667. The summed E-state index contributed by atoms with van der Waals surface area (Å²) in [6.45, 7) is 4.82. The van der Waals surface area contributed by atoms with Gasteiger partial charge in [0.25, 0.3) is 0 Å². The number of aromatic nitrogens is 2. The third-order valence-corrected chi connectivity index (χ3v) is 2.46. The molecule has 0 aliphatic carbocycles. The average molecular weight is 196 g/mol.